The van der Waals surface area contributed by atoms with Gasteiger partial charge in [0.15, 0.2) is 0 Å². The van der Waals surface area contributed by atoms with E-state index >= 15 is 0 Å². The SMILES string of the molecule is CCc1ccc(N(C)CC[N+](C)(C)C)c(CC)c1. The predicted molar refractivity (Wildman–Crippen MR) is 81.4 cm³/mol. The fourth-order valence-electron chi connectivity index (χ4n) is 2.08. The molecule has 0 aliphatic heterocycles. The van der Waals surface area contributed by atoms with Crippen molar-refractivity contribution < 1.29 is 4.48 Å². The van der Waals surface area contributed by atoms with Crippen LogP contribution in [0, 0.1) is 0 Å². The molecular formula is C16H29N2+. The highest BCUT2D eigenvalue weighted by Gasteiger charge is 2.11. The summed E-state index contributed by atoms with van der Waals surface area (Å²) < 4.78 is 1.01. The number of hydrogen-bond acceptors (Lipinski definition) is 1. The van der Waals surface area contributed by atoms with Gasteiger partial charge in [-0.1, -0.05) is 26.0 Å². The van der Waals surface area contributed by atoms with Crippen LogP contribution in [-0.2, 0) is 12.8 Å². The van der Waals surface area contributed by atoms with Crippen molar-refractivity contribution in [2.24, 2.45) is 0 Å². The quantitative estimate of drug-likeness (QED) is 0.701. The first-order valence-electron chi connectivity index (χ1n) is 7.00. The Morgan fingerprint density at radius 2 is 1.72 bits per heavy atom. The zero-order valence-corrected chi connectivity index (χ0v) is 13.0. The number of hydrogen-bond donors (Lipinski definition) is 0. The van der Waals surface area contributed by atoms with Gasteiger partial charge in [-0.25, -0.2) is 0 Å². The van der Waals surface area contributed by atoms with Crippen LogP contribution in [0.3, 0.4) is 0 Å². The molecule has 0 aromatic heterocycles. The lowest BCUT2D eigenvalue weighted by Crippen LogP contribution is -2.41. The first-order valence-corrected chi connectivity index (χ1v) is 7.00. The highest BCUT2D eigenvalue weighted by Crippen LogP contribution is 2.22. The average molecular weight is 249 g/mol. The molecule has 0 amide bonds. The summed E-state index contributed by atoms with van der Waals surface area (Å²) in [6, 6.07) is 6.90. The van der Waals surface area contributed by atoms with Gasteiger partial charge in [-0.05, 0) is 30.0 Å². The van der Waals surface area contributed by atoms with Gasteiger partial charge in [-0.2, -0.15) is 0 Å². The Hall–Kier alpha value is -1.02. The van der Waals surface area contributed by atoms with Gasteiger partial charge in [0.25, 0.3) is 0 Å². The summed E-state index contributed by atoms with van der Waals surface area (Å²) in [6.07, 6.45) is 2.23. The van der Waals surface area contributed by atoms with Gasteiger partial charge < -0.3 is 9.38 Å². The zero-order valence-electron chi connectivity index (χ0n) is 13.0. The smallest absolute Gasteiger partial charge is 0.0958 e. The van der Waals surface area contributed by atoms with Crippen LogP contribution >= 0.6 is 0 Å². The highest BCUT2D eigenvalue weighted by molar-refractivity contribution is 5.54. The van der Waals surface area contributed by atoms with Crippen molar-refractivity contribution in [3.05, 3.63) is 29.3 Å². The van der Waals surface area contributed by atoms with Gasteiger partial charge in [-0.15, -0.1) is 0 Å². The van der Waals surface area contributed by atoms with Gasteiger partial charge in [0, 0.05) is 12.7 Å². The minimum atomic E-state index is 1.01. The molecule has 2 heteroatoms. The molecule has 18 heavy (non-hydrogen) atoms. The molecule has 102 valence electrons. The van der Waals surface area contributed by atoms with Crippen LogP contribution in [0.15, 0.2) is 18.2 Å². The number of likely N-dealkylation sites (N-methyl/N-ethyl adjacent to an activating group) is 2. The number of benzene rings is 1. The molecule has 1 aromatic rings. The monoisotopic (exact) mass is 249 g/mol. The maximum Gasteiger partial charge on any atom is 0.0958 e. The summed E-state index contributed by atoms with van der Waals surface area (Å²) in [5.74, 6) is 0. The minimum absolute atomic E-state index is 1.01. The van der Waals surface area contributed by atoms with Gasteiger partial charge >= 0.3 is 0 Å². The number of aryl methyl sites for hydroxylation is 2. The number of anilines is 1. The second-order valence-corrected chi connectivity index (χ2v) is 6.11. The fourth-order valence-corrected chi connectivity index (χ4v) is 2.08. The van der Waals surface area contributed by atoms with E-state index in [0.717, 1.165) is 30.4 Å². The summed E-state index contributed by atoms with van der Waals surface area (Å²) >= 11 is 0. The van der Waals surface area contributed by atoms with E-state index in [1.807, 2.05) is 0 Å². The Bertz CT molecular complexity index is 377. The summed E-state index contributed by atoms with van der Waals surface area (Å²) in [4.78, 5) is 2.39. The molecule has 0 fully saturated rings. The Balaban J connectivity index is 2.81. The van der Waals surface area contributed by atoms with E-state index in [2.05, 4.69) is 65.1 Å². The Kier molecular flexibility index (Phi) is 5.21. The van der Waals surface area contributed by atoms with Gasteiger partial charge in [-0.3, -0.25) is 0 Å². The fraction of sp³-hybridized carbons (Fsp3) is 0.625. The predicted octanol–water partition coefficient (Wildman–Crippen LogP) is 2.95. The molecule has 0 spiro atoms. The molecule has 0 N–H and O–H groups in total. The maximum absolute atomic E-state index is 2.39. The Morgan fingerprint density at radius 1 is 1.06 bits per heavy atom. The summed E-state index contributed by atoms with van der Waals surface area (Å²) in [5.41, 5.74) is 4.30. The van der Waals surface area contributed by atoms with E-state index < -0.39 is 0 Å². The molecule has 0 saturated carbocycles. The molecule has 0 saturated heterocycles. The van der Waals surface area contributed by atoms with E-state index in [-0.39, 0.29) is 0 Å². The summed E-state index contributed by atoms with van der Waals surface area (Å²) in [7, 11) is 8.94. The lowest BCUT2D eigenvalue weighted by atomic mass is 10.0. The third-order valence-corrected chi connectivity index (χ3v) is 3.45. The van der Waals surface area contributed by atoms with Crippen molar-refractivity contribution >= 4 is 5.69 Å². The van der Waals surface area contributed by atoms with E-state index in [4.69, 9.17) is 0 Å². The summed E-state index contributed by atoms with van der Waals surface area (Å²) in [5, 5.41) is 0. The van der Waals surface area contributed by atoms with Crippen LogP contribution < -0.4 is 4.90 Å². The van der Waals surface area contributed by atoms with Crippen molar-refractivity contribution in [1.29, 1.82) is 0 Å². The lowest BCUT2D eigenvalue weighted by Gasteiger charge is -2.29. The molecule has 0 radical (unpaired) electrons. The second-order valence-electron chi connectivity index (χ2n) is 6.11. The molecule has 1 rings (SSSR count). The maximum atomic E-state index is 2.39. The summed E-state index contributed by atoms with van der Waals surface area (Å²) in [6.45, 7) is 6.72. The van der Waals surface area contributed by atoms with Crippen molar-refractivity contribution in [3.63, 3.8) is 0 Å². The zero-order chi connectivity index (χ0) is 13.8. The van der Waals surface area contributed by atoms with Crippen LogP contribution in [0.5, 0.6) is 0 Å². The van der Waals surface area contributed by atoms with Crippen LogP contribution in [0.1, 0.15) is 25.0 Å². The number of quaternary nitrogens is 1. The van der Waals surface area contributed by atoms with Crippen molar-refractivity contribution in [2.45, 2.75) is 26.7 Å². The first-order chi connectivity index (χ1) is 8.37. The average Bonchev–Trinajstić information content (AvgIpc) is 2.34. The van der Waals surface area contributed by atoms with E-state index in [1.54, 1.807) is 0 Å². The first kappa shape index (κ1) is 15.0. The molecule has 0 bridgehead atoms. The van der Waals surface area contributed by atoms with Crippen molar-refractivity contribution in [1.82, 2.24) is 0 Å². The van der Waals surface area contributed by atoms with E-state index in [0.29, 0.717) is 0 Å². The third kappa shape index (κ3) is 4.34. The largest absolute Gasteiger partial charge is 0.369 e. The molecule has 1 aromatic carbocycles. The van der Waals surface area contributed by atoms with E-state index in [1.165, 1.54) is 16.8 Å². The lowest BCUT2D eigenvalue weighted by molar-refractivity contribution is -0.868. The van der Waals surface area contributed by atoms with Crippen LogP contribution in [0.2, 0.25) is 0 Å². The topological polar surface area (TPSA) is 3.24 Å². The molecular weight excluding hydrogens is 220 g/mol. The Labute approximate surface area is 113 Å². The third-order valence-electron chi connectivity index (χ3n) is 3.45. The minimum Gasteiger partial charge on any atom is -0.369 e. The van der Waals surface area contributed by atoms with Gasteiger partial charge in [0.05, 0.1) is 34.2 Å². The number of rotatable bonds is 6. The standard InChI is InChI=1S/C16H29N2/c1-7-14-9-10-16(15(8-2)13-14)17(3)11-12-18(4,5)6/h9-10,13H,7-8,11-12H2,1-6H3/q+1. The molecule has 0 aliphatic rings. The van der Waals surface area contributed by atoms with E-state index in [9.17, 15) is 0 Å². The number of nitrogens with zero attached hydrogens (tertiary/aromatic N) is 2. The normalized spacial score (nSPS) is 11.7. The van der Waals surface area contributed by atoms with Gasteiger partial charge in [0.2, 0.25) is 0 Å². The molecule has 2 nitrogen and oxygen atoms in total. The van der Waals surface area contributed by atoms with Crippen LogP contribution in [0.4, 0.5) is 5.69 Å². The molecule has 0 atom stereocenters. The van der Waals surface area contributed by atoms with Gasteiger partial charge in [0.1, 0.15) is 0 Å². The van der Waals surface area contributed by atoms with Crippen molar-refractivity contribution in [2.75, 3.05) is 46.2 Å². The second kappa shape index (κ2) is 6.24. The van der Waals surface area contributed by atoms with Crippen molar-refractivity contribution in [3.8, 4) is 0 Å². The van der Waals surface area contributed by atoms with Crippen LogP contribution in [-0.4, -0.2) is 45.8 Å². The molecule has 0 unspecified atom stereocenters. The van der Waals surface area contributed by atoms with Crippen LogP contribution in [0.25, 0.3) is 0 Å². The molecule has 0 heterocycles. The Morgan fingerprint density at radius 3 is 2.22 bits per heavy atom. The molecule has 0 aliphatic carbocycles. The highest BCUT2D eigenvalue weighted by atomic mass is 15.3.